The smallest absolute Gasteiger partial charge is 0.416 e. The van der Waals surface area contributed by atoms with Crippen LogP contribution in [0.25, 0.3) is 11.5 Å². The second-order valence-electron chi connectivity index (χ2n) is 5.42. The monoisotopic (exact) mass is 390 g/mol. The number of hydrogen-bond donors (Lipinski definition) is 1. The molecule has 2 aromatic heterocycles. The summed E-state index contributed by atoms with van der Waals surface area (Å²) >= 11 is 1.28. The minimum Gasteiger partial charge on any atom is -0.463 e. The molecule has 0 saturated carbocycles. The van der Waals surface area contributed by atoms with Crippen LogP contribution < -0.4 is 5.32 Å². The van der Waals surface area contributed by atoms with Crippen LogP contribution in [0.2, 0.25) is 0 Å². The molecule has 5 nitrogen and oxygen atoms in total. The molecule has 0 unspecified atom stereocenters. The molecule has 0 aliphatic heterocycles. The zero-order valence-electron chi connectivity index (χ0n) is 14.0. The van der Waals surface area contributed by atoms with Gasteiger partial charge in [0.25, 0.3) is 0 Å². The Morgan fingerprint density at radius 3 is 2.67 bits per heavy atom. The van der Waals surface area contributed by atoms with E-state index in [4.69, 9.17) is 4.42 Å². The van der Waals surface area contributed by atoms with Gasteiger partial charge in [0, 0.05) is 6.54 Å². The molecule has 0 saturated heterocycles. The van der Waals surface area contributed by atoms with Crippen LogP contribution in [-0.4, -0.2) is 16.2 Å². The molecule has 0 fully saturated rings. The van der Waals surface area contributed by atoms with Crippen molar-refractivity contribution in [3.63, 3.8) is 0 Å². The molecule has 0 atom stereocenters. The highest BCUT2D eigenvalue weighted by Gasteiger charge is 2.30. The fourth-order valence-corrected chi connectivity index (χ4v) is 2.77. The molecule has 3 rings (SSSR count). The van der Waals surface area contributed by atoms with Crippen molar-refractivity contribution in [1.82, 2.24) is 9.97 Å². The van der Waals surface area contributed by atoms with Gasteiger partial charge in [0.1, 0.15) is 23.1 Å². The Labute approximate surface area is 157 Å². The number of benzene rings is 1. The summed E-state index contributed by atoms with van der Waals surface area (Å²) in [6.07, 6.45) is -1.17. The summed E-state index contributed by atoms with van der Waals surface area (Å²) in [5.74, 6) is 0.645. The fourth-order valence-electron chi connectivity index (χ4n) is 2.40. The highest BCUT2D eigenvalue weighted by molar-refractivity contribution is 7.98. The van der Waals surface area contributed by atoms with Crippen LogP contribution in [0.5, 0.6) is 0 Å². The number of nitrogens with one attached hydrogen (secondary N) is 1. The van der Waals surface area contributed by atoms with E-state index in [1.165, 1.54) is 24.1 Å². The lowest BCUT2D eigenvalue weighted by Gasteiger charge is -2.12. The van der Waals surface area contributed by atoms with Crippen LogP contribution >= 0.6 is 11.8 Å². The average molecular weight is 390 g/mol. The molecule has 0 bridgehead atoms. The molecule has 1 N–H and O–H groups in total. The lowest BCUT2D eigenvalue weighted by molar-refractivity contribution is -0.137. The van der Waals surface area contributed by atoms with E-state index in [1.807, 2.05) is 6.07 Å². The third-order valence-electron chi connectivity index (χ3n) is 3.65. The Hall–Kier alpha value is -2.99. The number of rotatable bonds is 5. The molecule has 1 aromatic carbocycles. The first kappa shape index (κ1) is 18.8. The van der Waals surface area contributed by atoms with Gasteiger partial charge in [-0.3, -0.25) is 0 Å². The summed E-state index contributed by atoms with van der Waals surface area (Å²) < 4.78 is 43.9. The van der Waals surface area contributed by atoms with Crippen molar-refractivity contribution < 1.29 is 17.6 Å². The predicted molar refractivity (Wildman–Crippen MR) is 95.0 cm³/mol. The summed E-state index contributed by atoms with van der Waals surface area (Å²) in [4.78, 5) is 8.59. The second-order valence-corrected chi connectivity index (χ2v) is 6.20. The Morgan fingerprint density at radius 2 is 2.04 bits per heavy atom. The van der Waals surface area contributed by atoms with Crippen molar-refractivity contribution >= 4 is 17.6 Å². The maximum Gasteiger partial charge on any atom is 0.416 e. The SMILES string of the molecule is CSc1nc(NCc2cccc(C(F)(F)F)c2)c(C#N)c(-c2ccco2)n1. The van der Waals surface area contributed by atoms with Crippen LogP contribution in [0.1, 0.15) is 16.7 Å². The third kappa shape index (κ3) is 4.23. The van der Waals surface area contributed by atoms with Gasteiger partial charge in [-0.1, -0.05) is 23.9 Å². The molecule has 0 amide bonds. The van der Waals surface area contributed by atoms with Crippen molar-refractivity contribution in [2.45, 2.75) is 17.9 Å². The van der Waals surface area contributed by atoms with Crippen LogP contribution in [0.15, 0.2) is 52.2 Å². The van der Waals surface area contributed by atoms with E-state index in [1.54, 1.807) is 24.5 Å². The molecule has 0 aliphatic rings. The molecule has 9 heteroatoms. The lowest BCUT2D eigenvalue weighted by atomic mass is 10.1. The van der Waals surface area contributed by atoms with Gasteiger partial charge in [-0.05, 0) is 36.1 Å². The van der Waals surface area contributed by atoms with Gasteiger partial charge < -0.3 is 9.73 Å². The minimum atomic E-state index is -4.42. The number of halogens is 3. The average Bonchev–Trinajstić information content (AvgIpc) is 3.19. The number of nitriles is 1. The van der Waals surface area contributed by atoms with E-state index in [9.17, 15) is 18.4 Å². The standard InChI is InChI=1S/C18H13F3N4OS/c1-27-17-24-15(14-6-3-7-26-14)13(9-22)16(25-17)23-10-11-4-2-5-12(8-11)18(19,20)21/h2-8H,10H2,1H3,(H,23,24,25). The summed E-state index contributed by atoms with van der Waals surface area (Å²) in [5, 5.41) is 12.9. The highest BCUT2D eigenvalue weighted by Crippen LogP contribution is 2.31. The van der Waals surface area contributed by atoms with Crippen molar-refractivity contribution in [2.24, 2.45) is 0 Å². The zero-order chi connectivity index (χ0) is 19.4. The Bertz CT molecular complexity index is 981. The summed E-state index contributed by atoms with van der Waals surface area (Å²) in [6.45, 7) is 0.0705. The summed E-state index contributed by atoms with van der Waals surface area (Å²) in [5.41, 5.74) is 0.173. The maximum absolute atomic E-state index is 12.9. The first-order valence-electron chi connectivity index (χ1n) is 7.72. The number of nitrogens with zero attached hydrogens (tertiary/aromatic N) is 3. The fraction of sp³-hybridized carbons (Fsp3) is 0.167. The molecule has 0 spiro atoms. The molecular formula is C18H13F3N4OS. The molecule has 138 valence electrons. The number of furan rings is 1. The number of hydrogen-bond acceptors (Lipinski definition) is 6. The van der Waals surface area contributed by atoms with Crippen LogP contribution in [0.3, 0.4) is 0 Å². The molecular weight excluding hydrogens is 377 g/mol. The Morgan fingerprint density at radius 1 is 1.22 bits per heavy atom. The molecule has 3 aromatic rings. The number of aromatic nitrogens is 2. The van der Waals surface area contributed by atoms with Gasteiger partial charge >= 0.3 is 6.18 Å². The molecule has 27 heavy (non-hydrogen) atoms. The second kappa shape index (κ2) is 7.72. The van der Waals surface area contributed by atoms with E-state index in [0.717, 1.165) is 12.1 Å². The first-order valence-corrected chi connectivity index (χ1v) is 8.95. The normalized spacial score (nSPS) is 11.2. The van der Waals surface area contributed by atoms with Gasteiger partial charge in [-0.2, -0.15) is 18.4 Å². The van der Waals surface area contributed by atoms with E-state index >= 15 is 0 Å². The Kier molecular flexibility index (Phi) is 5.37. The summed E-state index contributed by atoms with van der Waals surface area (Å²) in [7, 11) is 0. The first-order chi connectivity index (χ1) is 12.9. The van der Waals surface area contributed by atoms with E-state index in [2.05, 4.69) is 15.3 Å². The predicted octanol–water partition coefficient (Wildman–Crippen LogP) is 4.96. The van der Waals surface area contributed by atoms with Crippen molar-refractivity contribution in [3.8, 4) is 17.5 Å². The quantitative estimate of drug-likeness (QED) is 0.490. The van der Waals surface area contributed by atoms with Crippen molar-refractivity contribution in [1.29, 1.82) is 5.26 Å². The zero-order valence-corrected chi connectivity index (χ0v) is 14.9. The summed E-state index contributed by atoms with van der Waals surface area (Å²) in [6, 6.07) is 10.4. The molecule has 2 heterocycles. The van der Waals surface area contributed by atoms with E-state index in [0.29, 0.717) is 22.2 Å². The molecule has 0 radical (unpaired) electrons. The van der Waals surface area contributed by atoms with Crippen LogP contribution in [0, 0.1) is 11.3 Å². The van der Waals surface area contributed by atoms with Gasteiger partial charge in [0.05, 0.1) is 11.8 Å². The lowest BCUT2D eigenvalue weighted by Crippen LogP contribution is -2.09. The third-order valence-corrected chi connectivity index (χ3v) is 4.20. The van der Waals surface area contributed by atoms with Crippen LogP contribution in [0.4, 0.5) is 19.0 Å². The minimum absolute atomic E-state index is 0.0705. The van der Waals surface area contributed by atoms with Crippen molar-refractivity contribution in [2.75, 3.05) is 11.6 Å². The largest absolute Gasteiger partial charge is 0.463 e. The van der Waals surface area contributed by atoms with Gasteiger partial charge in [0.15, 0.2) is 10.9 Å². The highest BCUT2D eigenvalue weighted by atomic mass is 32.2. The maximum atomic E-state index is 12.9. The van der Waals surface area contributed by atoms with Gasteiger partial charge in [-0.15, -0.1) is 0 Å². The number of anilines is 1. The molecule has 0 aliphatic carbocycles. The van der Waals surface area contributed by atoms with Gasteiger partial charge in [-0.25, -0.2) is 9.97 Å². The van der Waals surface area contributed by atoms with Crippen LogP contribution in [-0.2, 0) is 12.7 Å². The van der Waals surface area contributed by atoms with E-state index < -0.39 is 11.7 Å². The number of alkyl halides is 3. The van der Waals surface area contributed by atoms with E-state index in [-0.39, 0.29) is 17.9 Å². The van der Waals surface area contributed by atoms with Crippen molar-refractivity contribution in [3.05, 3.63) is 59.4 Å². The van der Waals surface area contributed by atoms with Gasteiger partial charge in [0.2, 0.25) is 0 Å². The number of thioether (sulfide) groups is 1. The topological polar surface area (TPSA) is 74.7 Å². The Balaban J connectivity index is 1.93.